The molecule has 0 amide bonds. The fourth-order valence-corrected chi connectivity index (χ4v) is 4.91. The lowest BCUT2D eigenvalue weighted by Crippen LogP contribution is -2.57. The third kappa shape index (κ3) is 4.91. The van der Waals surface area contributed by atoms with Crippen LogP contribution >= 0.6 is 0 Å². The van der Waals surface area contributed by atoms with Crippen molar-refractivity contribution >= 4 is 0 Å². The van der Waals surface area contributed by atoms with Gasteiger partial charge in [0.25, 0.3) is 0 Å². The van der Waals surface area contributed by atoms with Crippen LogP contribution in [0.25, 0.3) is 0 Å². The number of hydrogen-bond donors (Lipinski definition) is 1. The topological polar surface area (TPSA) is 21.8 Å². The molecule has 3 rings (SSSR count). The van der Waals surface area contributed by atoms with Crippen molar-refractivity contribution in [3.05, 3.63) is 0 Å². The quantitative estimate of drug-likeness (QED) is 0.853. The highest BCUT2D eigenvalue weighted by Crippen LogP contribution is 2.25. The van der Waals surface area contributed by atoms with Crippen molar-refractivity contribution in [1.29, 1.82) is 0 Å². The van der Waals surface area contributed by atoms with E-state index in [4.69, 9.17) is 0 Å². The molecule has 0 radical (unpaired) electrons. The van der Waals surface area contributed by atoms with E-state index in [2.05, 4.69) is 34.1 Å². The molecule has 0 aromatic heterocycles. The third-order valence-corrected chi connectivity index (χ3v) is 6.57. The first-order valence-corrected chi connectivity index (χ1v) is 10.1. The molecule has 0 aromatic carbocycles. The van der Waals surface area contributed by atoms with Gasteiger partial charge in [0, 0.05) is 25.2 Å². The monoisotopic (exact) mass is 322 g/mol. The zero-order valence-corrected chi connectivity index (χ0v) is 15.5. The van der Waals surface area contributed by atoms with E-state index in [1.54, 1.807) is 0 Å². The Morgan fingerprint density at radius 3 is 2.35 bits per heavy atom. The molecule has 4 nitrogen and oxygen atoms in total. The summed E-state index contributed by atoms with van der Waals surface area (Å²) in [7, 11) is 4.67. The van der Waals surface area contributed by atoms with Crippen LogP contribution in [0.2, 0.25) is 0 Å². The summed E-state index contributed by atoms with van der Waals surface area (Å²) in [5.41, 5.74) is 0. The van der Waals surface area contributed by atoms with Gasteiger partial charge in [-0.25, -0.2) is 0 Å². The zero-order chi connectivity index (χ0) is 16.1. The van der Waals surface area contributed by atoms with E-state index in [0.717, 1.165) is 18.0 Å². The number of piperidine rings is 2. The van der Waals surface area contributed by atoms with Gasteiger partial charge in [0.2, 0.25) is 0 Å². The predicted molar refractivity (Wildman–Crippen MR) is 98.0 cm³/mol. The van der Waals surface area contributed by atoms with Crippen molar-refractivity contribution in [3.8, 4) is 0 Å². The number of nitrogens with one attached hydrogen (secondary N) is 1. The lowest BCUT2D eigenvalue weighted by Gasteiger charge is -2.45. The minimum absolute atomic E-state index is 0.736. The van der Waals surface area contributed by atoms with E-state index in [1.165, 1.54) is 90.8 Å². The van der Waals surface area contributed by atoms with Crippen LogP contribution in [0.15, 0.2) is 0 Å². The van der Waals surface area contributed by atoms with Gasteiger partial charge in [-0.1, -0.05) is 12.8 Å². The van der Waals surface area contributed by atoms with Gasteiger partial charge in [0.1, 0.15) is 0 Å². The minimum Gasteiger partial charge on any atom is -0.315 e. The largest absolute Gasteiger partial charge is 0.315 e. The highest BCUT2D eigenvalue weighted by molar-refractivity contribution is 4.90. The molecule has 3 aliphatic rings. The maximum Gasteiger partial charge on any atom is 0.0261 e. The highest BCUT2D eigenvalue weighted by Gasteiger charge is 2.33. The second kappa shape index (κ2) is 8.80. The van der Waals surface area contributed by atoms with Gasteiger partial charge in [0.05, 0.1) is 0 Å². The van der Waals surface area contributed by atoms with Crippen LogP contribution in [0, 0.1) is 5.92 Å². The molecule has 3 fully saturated rings. The Hall–Kier alpha value is -0.160. The number of nitrogens with zero attached hydrogens (tertiary/aromatic N) is 3. The van der Waals surface area contributed by atoms with Crippen molar-refractivity contribution in [1.82, 2.24) is 20.0 Å². The van der Waals surface area contributed by atoms with Gasteiger partial charge in [0.15, 0.2) is 0 Å². The van der Waals surface area contributed by atoms with Crippen LogP contribution in [-0.2, 0) is 0 Å². The van der Waals surface area contributed by atoms with Gasteiger partial charge >= 0.3 is 0 Å². The maximum absolute atomic E-state index is 3.67. The van der Waals surface area contributed by atoms with Gasteiger partial charge in [-0.3, -0.25) is 4.90 Å². The van der Waals surface area contributed by atoms with E-state index < -0.39 is 0 Å². The summed E-state index contributed by atoms with van der Waals surface area (Å²) < 4.78 is 0. The molecule has 2 unspecified atom stereocenters. The molecule has 23 heavy (non-hydrogen) atoms. The highest BCUT2D eigenvalue weighted by atomic mass is 15.2. The molecule has 3 saturated heterocycles. The van der Waals surface area contributed by atoms with Crippen molar-refractivity contribution in [2.75, 3.05) is 59.9 Å². The Balaban J connectivity index is 1.56. The smallest absolute Gasteiger partial charge is 0.0261 e. The molecule has 4 heteroatoms. The summed E-state index contributed by atoms with van der Waals surface area (Å²) in [6, 6.07) is 1.53. The normalized spacial score (nSPS) is 33.0. The molecule has 0 saturated carbocycles. The van der Waals surface area contributed by atoms with Gasteiger partial charge in [-0.2, -0.15) is 0 Å². The molecule has 0 spiro atoms. The van der Waals surface area contributed by atoms with E-state index in [0.29, 0.717) is 0 Å². The molecule has 3 aliphatic heterocycles. The molecule has 3 heterocycles. The van der Waals surface area contributed by atoms with Crippen LogP contribution in [0.5, 0.6) is 0 Å². The number of likely N-dealkylation sites (N-methyl/N-ethyl adjacent to an activating group) is 1. The molecule has 0 bridgehead atoms. The third-order valence-electron chi connectivity index (χ3n) is 6.57. The molecular formula is C19H38N4. The number of likely N-dealkylation sites (tertiary alicyclic amines) is 2. The first kappa shape index (κ1) is 17.7. The van der Waals surface area contributed by atoms with Crippen molar-refractivity contribution in [2.45, 2.75) is 57.0 Å². The second-order valence-corrected chi connectivity index (χ2v) is 8.23. The maximum atomic E-state index is 3.67. The zero-order valence-electron chi connectivity index (χ0n) is 15.5. The average Bonchev–Trinajstić information content (AvgIpc) is 2.84. The summed E-state index contributed by atoms with van der Waals surface area (Å²) in [4.78, 5) is 8.01. The summed E-state index contributed by atoms with van der Waals surface area (Å²) in [6.07, 6.45) is 9.78. The van der Waals surface area contributed by atoms with Crippen LogP contribution in [0.1, 0.15) is 44.9 Å². The van der Waals surface area contributed by atoms with Gasteiger partial charge in [-0.05, 0) is 84.8 Å². The predicted octanol–water partition coefficient (Wildman–Crippen LogP) is 1.87. The van der Waals surface area contributed by atoms with E-state index in [1.807, 2.05) is 0 Å². The van der Waals surface area contributed by atoms with E-state index in [-0.39, 0.29) is 0 Å². The average molecular weight is 323 g/mol. The van der Waals surface area contributed by atoms with Crippen LogP contribution in [0.3, 0.4) is 0 Å². The Morgan fingerprint density at radius 1 is 0.957 bits per heavy atom. The SMILES string of the molecule is CN1CCC(N(C)C2CNCCC2CN2CCCCCC2)CC1. The van der Waals surface area contributed by atoms with Crippen molar-refractivity contribution in [2.24, 2.45) is 5.92 Å². The molecular weight excluding hydrogens is 284 g/mol. The first-order chi connectivity index (χ1) is 11.2. The number of hydrogen-bond acceptors (Lipinski definition) is 4. The Bertz CT molecular complexity index is 332. The fraction of sp³-hybridized carbons (Fsp3) is 1.00. The number of rotatable bonds is 4. The summed E-state index contributed by atoms with van der Waals surface area (Å²) in [5.74, 6) is 0.860. The molecule has 134 valence electrons. The lowest BCUT2D eigenvalue weighted by molar-refractivity contribution is 0.0497. The Morgan fingerprint density at radius 2 is 1.65 bits per heavy atom. The van der Waals surface area contributed by atoms with E-state index in [9.17, 15) is 0 Å². The second-order valence-electron chi connectivity index (χ2n) is 8.23. The van der Waals surface area contributed by atoms with Crippen molar-refractivity contribution in [3.63, 3.8) is 0 Å². The molecule has 2 atom stereocenters. The molecule has 1 N–H and O–H groups in total. The van der Waals surface area contributed by atoms with Crippen LogP contribution in [0.4, 0.5) is 0 Å². The van der Waals surface area contributed by atoms with Gasteiger partial charge < -0.3 is 15.1 Å². The fourth-order valence-electron chi connectivity index (χ4n) is 4.91. The lowest BCUT2D eigenvalue weighted by atomic mass is 9.89. The summed E-state index contributed by atoms with van der Waals surface area (Å²) in [6.45, 7) is 8.97. The standard InChI is InChI=1S/C19H38N4/c1-21-13-8-18(9-14-21)22(2)19-15-20-10-7-17(19)16-23-11-5-3-4-6-12-23/h17-20H,3-16H2,1-2H3. The Labute approximate surface area is 143 Å². The molecule has 0 aromatic rings. The van der Waals surface area contributed by atoms with E-state index >= 15 is 0 Å². The van der Waals surface area contributed by atoms with Gasteiger partial charge in [-0.15, -0.1) is 0 Å². The van der Waals surface area contributed by atoms with Crippen molar-refractivity contribution < 1.29 is 0 Å². The van der Waals surface area contributed by atoms with Crippen LogP contribution in [-0.4, -0.2) is 86.7 Å². The summed E-state index contributed by atoms with van der Waals surface area (Å²) >= 11 is 0. The minimum atomic E-state index is 0.736. The Kier molecular flexibility index (Phi) is 6.75. The molecule has 0 aliphatic carbocycles. The first-order valence-electron chi connectivity index (χ1n) is 10.1. The summed E-state index contributed by atoms with van der Waals surface area (Å²) in [5, 5.41) is 3.67. The van der Waals surface area contributed by atoms with Crippen LogP contribution < -0.4 is 5.32 Å².